The summed E-state index contributed by atoms with van der Waals surface area (Å²) in [5, 5.41) is 7.47. The van der Waals surface area contributed by atoms with Crippen LogP contribution in [0.15, 0.2) is 211 Å². The summed E-state index contributed by atoms with van der Waals surface area (Å²) in [5.41, 5.74) is 20.4. The lowest BCUT2D eigenvalue weighted by Crippen LogP contribution is -2.37. The zero-order chi connectivity index (χ0) is 54.3. The Morgan fingerprint density at radius 2 is 0.756 bits per heavy atom. The molecule has 0 unspecified atom stereocenters. The highest BCUT2D eigenvalue weighted by atomic mass is 28.3. The Balaban J connectivity index is 1.18. The lowest BCUT2D eigenvalue weighted by Gasteiger charge is -2.34. The van der Waals surface area contributed by atoms with Gasteiger partial charge in [0.05, 0.1) is 38.3 Å². The van der Waals surface area contributed by atoms with Gasteiger partial charge in [-0.05, 0) is 133 Å². The molecule has 78 heavy (non-hydrogen) atoms. The lowest BCUT2D eigenvalue weighted by atomic mass is 9.70. The van der Waals surface area contributed by atoms with E-state index in [1.165, 1.54) is 71.2 Å². The van der Waals surface area contributed by atoms with E-state index in [0.717, 1.165) is 61.6 Å². The quantitative estimate of drug-likeness (QED) is 0.141. The maximum Gasteiger partial charge on any atom is 0.145 e. The smallest absolute Gasteiger partial charge is 0.145 e. The molecule has 5 heteroatoms. The Bertz CT molecular complexity index is 4000. The van der Waals surface area contributed by atoms with Crippen LogP contribution in [0.2, 0.25) is 39.3 Å². The number of rotatable bonds is 8. The van der Waals surface area contributed by atoms with Crippen LogP contribution in [0.25, 0.3) is 55.0 Å². The average Bonchev–Trinajstić information content (AvgIpc) is 2.35. The van der Waals surface area contributed by atoms with Crippen molar-refractivity contribution in [2.45, 2.75) is 97.1 Å². The van der Waals surface area contributed by atoms with Crippen molar-refractivity contribution in [3.8, 4) is 22.3 Å². The van der Waals surface area contributed by atoms with Crippen LogP contribution in [0.4, 0.5) is 34.1 Å². The molecule has 13 rings (SSSR count). The van der Waals surface area contributed by atoms with Crippen molar-refractivity contribution in [1.82, 2.24) is 0 Å². The molecule has 0 N–H and O–H groups in total. The molecule has 0 saturated heterocycles. The van der Waals surface area contributed by atoms with Crippen molar-refractivity contribution in [2.24, 2.45) is 0 Å². The topological polar surface area (TPSA) is 19.6 Å². The summed E-state index contributed by atoms with van der Waals surface area (Å²) in [6.07, 6.45) is 0. The third kappa shape index (κ3) is 7.71. The molecule has 0 saturated carbocycles. The molecule has 0 aliphatic heterocycles. The maximum atomic E-state index is 7.54. The first-order chi connectivity index (χ1) is 37.2. The van der Waals surface area contributed by atoms with E-state index in [1.54, 1.807) is 0 Å². The van der Waals surface area contributed by atoms with Gasteiger partial charge in [0, 0.05) is 39.1 Å². The largest absolute Gasteiger partial charge is 0.455 e. The van der Waals surface area contributed by atoms with Crippen molar-refractivity contribution in [3.05, 3.63) is 240 Å². The SMILES string of the molecule is CC(C)(C)c1ccc(N(c2ccc([Si](C)(C)C)cc2)c2cc3c(c4ccccc24)-c2c(cc(N(c4ccc(C(C)(C)C)cc4)c4ccc([Si](C)(C)C)cc4)c4c2oc2ccccc24)C32c3ccccc3-c3ccccc32)cc1. The van der Waals surface area contributed by atoms with E-state index >= 15 is 0 Å². The van der Waals surface area contributed by atoms with Gasteiger partial charge in [0.1, 0.15) is 11.2 Å². The van der Waals surface area contributed by atoms with Crippen molar-refractivity contribution in [3.63, 3.8) is 0 Å². The van der Waals surface area contributed by atoms with Gasteiger partial charge in [0.15, 0.2) is 0 Å². The summed E-state index contributed by atoms with van der Waals surface area (Å²) in [7, 11) is -3.22. The first-order valence-corrected chi connectivity index (χ1v) is 35.0. The van der Waals surface area contributed by atoms with Gasteiger partial charge in [-0.25, -0.2) is 0 Å². The second kappa shape index (κ2) is 17.7. The molecule has 386 valence electrons. The van der Waals surface area contributed by atoms with E-state index in [9.17, 15) is 0 Å². The molecule has 0 radical (unpaired) electrons. The van der Waals surface area contributed by atoms with Crippen LogP contribution in [-0.4, -0.2) is 16.1 Å². The van der Waals surface area contributed by atoms with Gasteiger partial charge < -0.3 is 14.2 Å². The van der Waals surface area contributed by atoms with E-state index in [4.69, 9.17) is 4.42 Å². The standard InChI is InChI=1S/C73H70N2OSi2/c1-71(2,3)47-29-33-49(34-30-47)74(51-37-41-53(42-38-51)77(7,8)9)64-45-62-67(58-24-14-13-23-57(58)64)69-63(73(62)60-26-18-15-21-55(60)56-22-16-19-27-61(56)73)46-65(68-59-25-17-20-28-66(59)76-70(68)69)75(50-35-31-48(32-36-50)72(4,5)6)52-39-43-54(44-40-52)78(10,11)12/h13-46H,1-12H3. The van der Waals surface area contributed by atoms with Crippen LogP contribution in [-0.2, 0) is 16.2 Å². The second-order valence-electron chi connectivity index (χ2n) is 26.2. The monoisotopic (exact) mass is 1050 g/mol. The van der Waals surface area contributed by atoms with E-state index in [0.29, 0.717) is 0 Å². The highest BCUT2D eigenvalue weighted by Crippen LogP contribution is 2.67. The Morgan fingerprint density at radius 1 is 0.372 bits per heavy atom. The Morgan fingerprint density at radius 3 is 1.23 bits per heavy atom. The molecule has 0 fully saturated rings. The van der Waals surface area contributed by atoms with Crippen LogP contribution in [0.5, 0.6) is 0 Å². The van der Waals surface area contributed by atoms with Crippen LogP contribution >= 0.6 is 0 Å². The molecule has 1 heterocycles. The number of hydrogen-bond acceptors (Lipinski definition) is 3. The normalized spacial score (nSPS) is 13.7. The molecule has 0 atom stereocenters. The Kier molecular flexibility index (Phi) is 11.3. The second-order valence-corrected chi connectivity index (χ2v) is 36.3. The molecule has 1 spiro atoms. The zero-order valence-corrected chi connectivity index (χ0v) is 49.4. The summed E-state index contributed by atoms with van der Waals surface area (Å²) in [6.45, 7) is 28.4. The van der Waals surface area contributed by atoms with Crippen LogP contribution in [0, 0.1) is 0 Å². The number of fused-ring (bicyclic) bond motifs is 16. The maximum absolute atomic E-state index is 7.54. The predicted molar refractivity (Wildman–Crippen MR) is 340 cm³/mol. The molecule has 0 amide bonds. The van der Waals surface area contributed by atoms with E-state index in [1.807, 2.05) is 0 Å². The van der Waals surface area contributed by atoms with E-state index < -0.39 is 21.6 Å². The van der Waals surface area contributed by atoms with E-state index in [-0.39, 0.29) is 10.8 Å². The van der Waals surface area contributed by atoms with Gasteiger partial charge in [-0.2, -0.15) is 0 Å². The predicted octanol–water partition coefficient (Wildman–Crippen LogP) is 19.7. The highest BCUT2D eigenvalue weighted by Gasteiger charge is 2.54. The first kappa shape index (κ1) is 49.8. The molecule has 2 aliphatic carbocycles. The first-order valence-electron chi connectivity index (χ1n) is 28.0. The molecular formula is C73H70N2OSi2. The van der Waals surface area contributed by atoms with Gasteiger partial charge >= 0.3 is 0 Å². The summed E-state index contributed by atoms with van der Waals surface area (Å²) < 4.78 is 7.54. The Hall–Kier alpha value is -7.71. The molecule has 2 aliphatic rings. The third-order valence-electron chi connectivity index (χ3n) is 17.1. The van der Waals surface area contributed by atoms with Crippen LogP contribution in [0.1, 0.15) is 74.9 Å². The molecule has 3 nitrogen and oxygen atoms in total. The summed E-state index contributed by atoms with van der Waals surface area (Å²) in [4.78, 5) is 5.05. The number of anilines is 6. The van der Waals surface area contributed by atoms with Crippen LogP contribution < -0.4 is 20.2 Å². The number of nitrogens with zero attached hydrogens (tertiary/aromatic N) is 2. The summed E-state index contributed by atoms with van der Waals surface area (Å²) >= 11 is 0. The third-order valence-corrected chi connectivity index (χ3v) is 21.2. The van der Waals surface area contributed by atoms with Gasteiger partial charge in [0.2, 0.25) is 0 Å². The van der Waals surface area contributed by atoms with Crippen molar-refractivity contribution < 1.29 is 4.42 Å². The fraction of sp³-hybridized carbons (Fsp3) is 0.205. The minimum absolute atomic E-state index is 0.00410. The fourth-order valence-corrected chi connectivity index (χ4v) is 15.3. The van der Waals surface area contributed by atoms with Crippen molar-refractivity contribution in [2.75, 3.05) is 9.80 Å². The van der Waals surface area contributed by atoms with Crippen molar-refractivity contribution >= 4 is 93.4 Å². The summed E-state index contributed by atoms with van der Waals surface area (Å²) in [5.74, 6) is 0. The minimum Gasteiger partial charge on any atom is -0.455 e. The van der Waals surface area contributed by atoms with Crippen LogP contribution in [0.3, 0.4) is 0 Å². The van der Waals surface area contributed by atoms with Gasteiger partial charge in [0.25, 0.3) is 0 Å². The number of para-hydroxylation sites is 1. The highest BCUT2D eigenvalue weighted by molar-refractivity contribution is 6.89. The molecule has 0 bridgehead atoms. The minimum atomic E-state index is -1.62. The molecule has 1 aromatic heterocycles. The van der Waals surface area contributed by atoms with Gasteiger partial charge in [-0.3, -0.25) is 0 Å². The molecule has 10 aromatic carbocycles. The number of furan rings is 1. The molecule has 11 aromatic rings. The number of benzene rings is 10. The summed E-state index contributed by atoms with van der Waals surface area (Å²) in [6, 6.07) is 79.0. The van der Waals surface area contributed by atoms with Gasteiger partial charge in [-0.15, -0.1) is 0 Å². The molecular weight excluding hydrogens is 977 g/mol. The lowest BCUT2D eigenvalue weighted by molar-refractivity contribution is 0.590. The van der Waals surface area contributed by atoms with Crippen molar-refractivity contribution in [1.29, 1.82) is 0 Å². The van der Waals surface area contributed by atoms with Gasteiger partial charge in [-0.1, -0.05) is 231 Å². The average molecular weight is 1050 g/mol. The van der Waals surface area contributed by atoms with E-state index in [2.05, 4.69) is 297 Å². The number of hydrogen-bond donors (Lipinski definition) is 0. The Labute approximate surface area is 463 Å². The fourth-order valence-electron chi connectivity index (χ4n) is 13.0. The zero-order valence-electron chi connectivity index (χ0n) is 47.4.